The minimum atomic E-state index is 0. The second-order valence-corrected chi connectivity index (χ2v) is 7.91. The quantitative estimate of drug-likeness (QED) is 0.351. The van der Waals surface area contributed by atoms with E-state index in [9.17, 15) is 0 Å². The topological polar surface area (TPSA) is 52.6 Å². The lowest BCUT2D eigenvalue weighted by Gasteiger charge is -2.27. The largest absolute Gasteiger partial charge is 0.356 e. The van der Waals surface area contributed by atoms with Crippen molar-refractivity contribution in [1.29, 1.82) is 0 Å². The summed E-state index contributed by atoms with van der Waals surface area (Å²) in [4.78, 5) is 12.5. The summed E-state index contributed by atoms with van der Waals surface area (Å²) in [5.74, 6) is 1.56. The molecule has 1 aromatic rings. The molecule has 0 amide bonds. The van der Waals surface area contributed by atoms with E-state index in [0.29, 0.717) is 12.0 Å². The fourth-order valence-electron chi connectivity index (χ4n) is 2.39. The summed E-state index contributed by atoms with van der Waals surface area (Å²) in [5, 5.41) is 8.01. The van der Waals surface area contributed by atoms with Gasteiger partial charge in [-0.2, -0.15) is 0 Å². The van der Waals surface area contributed by atoms with E-state index >= 15 is 0 Å². The molecular weight excluding hydrogens is 433 g/mol. The van der Waals surface area contributed by atoms with Crippen LogP contribution in [-0.2, 0) is 6.42 Å². The third-order valence-electron chi connectivity index (χ3n) is 3.91. The van der Waals surface area contributed by atoms with Crippen molar-refractivity contribution >= 4 is 41.3 Å². The summed E-state index contributed by atoms with van der Waals surface area (Å²) < 4.78 is 0. The van der Waals surface area contributed by atoms with E-state index in [0.717, 1.165) is 31.2 Å². The van der Waals surface area contributed by atoms with Crippen LogP contribution in [0.3, 0.4) is 0 Å². The number of halogens is 1. The van der Waals surface area contributed by atoms with Gasteiger partial charge in [0.05, 0.1) is 10.7 Å². The highest BCUT2D eigenvalue weighted by molar-refractivity contribution is 14.0. The van der Waals surface area contributed by atoms with E-state index in [2.05, 4.69) is 67.3 Å². The van der Waals surface area contributed by atoms with E-state index in [1.54, 1.807) is 11.3 Å². The summed E-state index contributed by atoms with van der Waals surface area (Å²) in [6, 6.07) is 0.512. The first-order valence-corrected chi connectivity index (χ1v) is 9.19. The molecule has 2 N–H and O–H groups in total. The maximum absolute atomic E-state index is 4.57. The van der Waals surface area contributed by atoms with Crippen LogP contribution < -0.4 is 10.6 Å². The number of hydrogen-bond acceptors (Lipinski definition) is 4. The van der Waals surface area contributed by atoms with Crippen LogP contribution in [0.4, 0.5) is 0 Å². The SMILES string of the molecule is CN=C(NCCc1nc(C)c(C)s1)NCC(CC(C)C)N(C)C.I. The second-order valence-electron chi connectivity index (χ2n) is 6.63. The third kappa shape index (κ3) is 8.62. The van der Waals surface area contributed by atoms with Gasteiger partial charge < -0.3 is 15.5 Å². The van der Waals surface area contributed by atoms with Gasteiger partial charge in [0.2, 0.25) is 0 Å². The van der Waals surface area contributed by atoms with Gasteiger partial charge in [0, 0.05) is 37.5 Å². The molecule has 0 saturated heterocycles. The Labute approximate surface area is 168 Å². The Morgan fingerprint density at radius 3 is 2.38 bits per heavy atom. The monoisotopic (exact) mass is 467 g/mol. The number of rotatable bonds is 8. The molecule has 1 rings (SSSR count). The summed E-state index contributed by atoms with van der Waals surface area (Å²) in [6.45, 7) is 10.5. The molecule has 24 heavy (non-hydrogen) atoms. The Balaban J connectivity index is 0.00000529. The lowest BCUT2D eigenvalue weighted by atomic mass is 10.0. The molecular formula is C17H34IN5S. The Morgan fingerprint density at radius 1 is 1.25 bits per heavy atom. The van der Waals surface area contributed by atoms with Crippen LogP contribution in [0.2, 0.25) is 0 Å². The van der Waals surface area contributed by atoms with Gasteiger partial charge in [-0.05, 0) is 40.3 Å². The van der Waals surface area contributed by atoms with Crippen LogP contribution in [0.1, 0.15) is 35.8 Å². The van der Waals surface area contributed by atoms with Gasteiger partial charge in [0.25, 0.3) is 0 Å². The van der Waals surface area contributed by atoms with Crippen molar-refractivity contribution in [3.8, 4) is 0 Å². The number of nitrogens with one attached hydrogen (secondary N) is 2. The molecule has 0 aliphatic rings. The average Bonchev–Trinajstić information content (AvgIpc) is 2.79. The van der Waals surface area contributed by atoms with Crippen molar-refractivity contribution in [1.82, 2.24) is 20.5 Å². The van der Waals surface area contributed by atoms with Gasteiger partial charge in [0.1, 0.15) is 0 Å². The number of aliphatic imine (C=N–C) groups is 1. The standard InChI is InChI=1S/C17H33N5S.HI/c1-12(2)10-15(22(6)7)11-20-17(18-5)19-9-8-16-21-13(3)14(4)23-16;/h12,15H,8-11H2,1-7H3,(H2,18,19,20);1H. The fourth-order valence-corrected chi connectivity index (χ4v) is 3.32. The number of aromatic nitrogens is 1. The number of thiazole rings is 1. The van der Waals surface area contributed by atoms with Crippen LogP contribution in [-0.4, -0.2) is 56.1 Å². The van der Waals surface area contributed by atoms with Gasteiger partial charge >= 0.3 is 0 Å². The predicted octanol–water partition coefficient (Wildman–Crippen LogP) is 3.06. The fraction of sp³-hybridized carbons (Fsp3) is 0.765. The molecule has 0 fully saturated rings. The van der Waals surface area contributed by atoms with Crippen molar-refractivity contribution in [2.24, 2.45) is 10.9 Å². The van der Waals surface area contributed by atoms with Crippen molar-refractivity contribution in [3.63, 3.8) is 0 Å². The van der Waals surface area contributed by atoms with Gasteiger partial charge in [-0.15, -0.1) is 35.3 Å². The smallest absolute Gasteiger partial charge is 0.191 e. The van der Waals surface area contributed by atoms with Crippen LogP contribution in [0.5, 0.6) is 0 Å². The molecule has 1 atom stereocenters. The minimum absolute atomic E-state index is 0. The third-order valence-corrected chi connectivity index (χ3v) is 5.04. The molecule has 0 aliphatic heterocycles. The van der Waals surface area contributed by atoms with Gasteiger partial charge in [-0.1, -0.05) is 13.8 Å². The highest BCUT2D eigenvalue weighted by Crippen LogP contribution is 2.16. The van der Waals surface area contributed by atoms with Crippen LogP contribution in [0.25, 0.3) is 0 Å². The summed E-state index contributed by atoms with van der Waals surface area (Å²) in [6.07, 6.45) is 2.11. The predicted molar refractivity (Wildman–Crippen MR) is 117 cm³/mol. The van der Waals surface area contributed by atoms with Gasteiger partial charge in [0.15, 0.2) is 5.96 Å². The zero-order valence-electron chi connectivity index (χ0n) is 16.1. The van der Waals surface area contributed by atoms with E-state index in [1.807, 2.05) is 7.05 Å². The number of guanidine groups is 1. The molecule has 1 unspecified atom stereocenters. The summed E-state index contributed by atoms with van der Waals surface area (Å²) in [7, 11) is 6.09. The Bertz CT molecular complexity index is 480. The second kappa shape index (κ2) is 12.0. The molecule has 7 heteroatoms. The van der Waals surface area contributed by atoms with Crippen LogP contribution >= 0.6 is 35.3 Å². The van der Waals surface area contributed by atoms with E-state index in [-0.39, 0.29) is 24.0 Å². The normalized spacial score (nSPS) is 13.1. The molecule has 0 aliphatic carbocycles. The van der Waals surface area contributed by atoms with Crippen LogP contribution in [0.15, 0.2) is 4.99 Å². The molecule has 0 saturated carbocycles. The number of likely N-dealkylation sites (N-methyl/N-ethyl adjacent to an activating group) is 1. The van der Waals surface area contributed by atoms with Crippen molar-refractivity contribution < 1.29 is 0 Å². The summed E-state index contributed by atoms with van der Waals surface area (Å²) >= 11 is 1.78. The molecule has 5 nitrogen and oxygen atoms in total. The Hall–Kier alpha value is -0.410. The van der Waals surface area contributed by atoms with Crippen LogP contribution in [0, 0.1) is 19.8 Å². The first kappa shape index (κ1) is 23.6. The average molecular weight is 467 g/mol. The van der Waals surface area contributed by atoms with E-state index < -0.39 is 0 Å². The van der Waals surface area contributed by atoms with E-state index in [1.165, 1.54) is 16.3 Å². The highest BCUT2D eigenvalue weighted by Gasteiger charge is 2.13. The number of nitrogens with zero attached hydrogens (tertiary/aromatic N) is 3. The Morgan fingerprint density at radius 2 is 1.92 bits per heavy atom. The number of hydrogen-bond donors (Lipinski definition) is 2. The molecule has 0 radical (unpaired) electrons. The van der Waals surface area contributed by atoms with Gasteiger partial charge in [-0.3, -0.25) is 4.99 Å². The molecule has 0 aromatic carbocycles. The maximum atomic E-state index is 4.57. The molecule has 1 aromatic heterocycles. The molecule has 0 bridgehead atoms. The van der Waals surface area contributed by atoms with Crippen molar-refractivity contribution in [3.05, 3.63) is 15.6 Å². The lowest BCUT2D eigenvalue weighted by Crippen LogP contribution is -2.45. The first-order chi connectivity index (χ1) is 10.8. The summed E-state index contributed by atoms with van der Waals surface area (Å²) in [5.41, 5.74) is 1.15. The van der Waals surface area contributed by atoms with Crippen molar-refractivity contribution in [2.75, 3.05) is 34.2 Å². The molecule has 1 heterocycles. The maximum Gasteiger partial charge on any atom is 0.191 e. The minimum Gasteiger partial charge on any atom is -0.356 e. The number of aryl methyl sites for hydroxylation is 2. The highest BCUT2D eigenvalue weighted by atomic mass is 127. The zero-order chi connectivity index (χ0) is 17.4. The zero-order valence-corrected chi connectivity index (χ0v) is 19.3. The lowest BCUT2D eigenvalue weighted by molar-refractivity contribution is 0.254. The van der Waals surface area contributed by atoms with E-state index in [4.69, 9.17) is 0 Å². The van der Waals surface area contributed by atoms with Gasteiger partial charge in [-0.25, -0.2) is 4.98 Å². The molecule has 140 valence electrons. The molecule has 0 spiro atoms. The first-order valence-electron chi connectivity index (χ1n) is 8.37. The Kier molecular flexibility index (Phi) is 11.8. The van der Waals surface area contributed by atoms with Crippen molar-refractivity contribution in [2.45, 2.75) is 46.6 Å².